The van der Waals surface area contributed by atoms with Gasteiger partial charge >= 0.3 is 11.9 Å². The molecule has 0 aliphatic heterocycles. The van der Waals surface area contributed by atoms with Crippen LogP contribution in [0.5, 0.6) is 5.75 Å². The van der Waals surface area contributed by atoms with Gasteiger partial charge in [-0.05, 0) is 24.3 Å². The number of esters is 2. The highest BCUT2D eigenvalue weighted by Crippen LogP contribution is 2.34. The number of amides is 1. The average Bonchev–Trinajstić information content (AvgIpc) is 2.74. The Morgan fingerprint density at radius 2 is 1.45 bits per heavy atom. The molecular formula is C21H16ClNO6. The smallest absolute Gasteiger partial charge is 0.337 e. The van der Waals surface area contributed by atoms with E-state index in [-0.39, 0.29) is 28.1 Å². The highest BCUT2D eigenvalue weighted by molar-refractivity contribution is 6.36. The number of halogens is 1. The number of hydrogen-bond donors (Lipinski definition) is 2. The number of ether oxygens (including phenoxy) is 2. The van der Waals surface area contributed by atoms with E-state index in [9.17, 15) is 19.5 Å². The molecule has 8 heteroatoms. The van der Waals surface area contributed by atoms with E-state index < -0.39 is 17.8 Å². The van der Waals surface area contributed by atoms with Gasteiger partial charge in [0.15, 0.2) is 0 Å². The molecule has 0 saturated heterocycles. The summed E-state index contributed by atoms with van der Waals surface area (Å²) in [5.41, 5.74) is 0.178. The summed E-state index contributed by atoms with van der Waals surface area (Å²) in [6.07, 6.45) is 0. The zero-order chi connectivity index (χ0) is 21.1. The largest absolute Gasteiger partial charge is 0.506 e. The molecule has 0 bridgehead atoms. The number of aromatic hydroxyl groups is 1. The quantitative estimate of drug-likeness (QED) is 0.626. The van der Waals surface area contributed by atoms with Gasteiger partial charge in [-0.25, -0.2) is 9.59 Å². The number of carbonyl (C=O) groups is 3. The summed E-state index contributed by atoms with van der Waals surface area (Å²) >= 11 is 6.24. The fourth-order valence-electron chi connectivity index (χ4n) is 2.86. The van der Waals surface area contributed by atoms with Crippen LogP contribution in [-0.2, 0) is 9.47 Å². The van der Waals surface area contributed by atoms with Crippen LogP contribution in [0.4, 0.5) is 5.69 Å². The number of anilines is 1. The van der Waals surface area contributed by atoms with Crippen LogP contribution in [0.1, 0.15) is 31.1 Å². The van der Waals surface area contributed by atoms with Crippen molar-refractivity contribution in [2.24, 2.45) is 0 Å². The summed E-state index contributed by atoms with van der Waals surface area (Å²) in [6, 6.07) is 12.2. The molecular weight excluding hydrogens is 398 g/mol. The fourth-order valence-corrected chi connectivity index (χ4v) is 3.13. The van der Waals surface area contributed by atoms with E-state index in [4.69, 9.17) is 11.6 Å². The lowest BCUT2D eigenvalue weighted by Crippen LogP contribution is -2.14. The molecule has 0 radical (unpaired) electrons. The Morgan fingerprint density at radius 1 is 0.897 bits per heavy atom. The summed E-state index contributed by atoms with van der Waals surface area (Å²) in [4.78, 5) is 36.5. The zero-order valence-electron chi connectivity index (χ0n) is 15.5. The van der Waals surface area contributed by atoms with Crippen LogP contribution in [0.15, 0.2) is 48.5 Å². The molecule has 29 heavy (non-hydrogen) atoms. The van der Waals surface area contributed by atoms with Crippen molar-refractivity contribution >= 4 is 45.9 Å². The van der Waals surface area contributed by atoms with Crippen LogP contribution >= 0.6 is 11.6 Å². The van der Waals surface area contributed by atoms with E-state index >= 15 is 0 Å². The van der Waals surface area contributed by atoms with Crippen LogP contribution in [0.3, 0.4) is 0 Å². The van der Waals surface area contributed by atoms with Crippen LogP contribution in [0, 0.1) is 0 Å². The normalized spacial score (nSPS) is 10.4. The third kappa shape index (κ3) is 4.00. The Bertz CT molecular complexity index is 1110. The molecule has 3 aromatic carbocycles. The molecule has 0 fully saturated rings. The highest BCUT2D eigenvalue weighted by Gasteiger charge is 2.19. The van der Waals surface area contributed by atoms with Gasteiger partial charge in [0.05, 0.1) is 30.9 Å². The van der Waals surface area contributed by atoms with Crippen molar-refractivity contribution in [1.82, 2.24) is 0 Å². The Balaban J connectivity index is 2.03. The summed E-state index contributed by atoms with van der Waals surface area (Å²) in [7, 11) is 2.39. The minimum atomic E-state index is -0.692. The second-order valence-corrected chi connectivity index (χ2v) is 6.44. The van der Waals surface area contributed by atoms with Crippen LogP contribution in [0.2, 0.25) is 5.02 Å². The van der Waals surface area contributed by atoms with E-state index in [0.717, 1.165) is 0 Å². The van der Waals surface area contributed by atoms with Crippen molar-refractivity contribution in [1.29, 1.82) is 0 Å². The van der Waals surface area contributed by atoms with Gasteiger partial charge in [0, 0.05) is 21.5 Å². The predicted octanol–water partition coefficient (Wildman–Crippen LogP) is 4.02. The molecule has 2 N–H and O–H groups in total. The molecule has 3 rings (SSSR count). The number of phenolic OH excluding ortho intramolecular Hbond substituents is 1. The molecule has 1 amide bonds. The first-order valence-corrected chi connectivity index (χ1v) is 8.76. The molecule has 7 nitrogen and oxygen atoms in total. The topological polar surface area (TPSA) is 102 Å². The number of carbonyl (C=O) groups excluding carboxylic acids is 3. The highest BCUT2D eigenvalue weighted by atomic mass is 35.5. The predicted molar refractivity (Wildman–Crippen MR) is 108 cm³/mol. The van der Waals surface area contributed by atoms with Crippen molar-refractivity contribution < 1.29 is 29.0 Å². The summed E-state index contributed by atoms with van der Waals surface area (Å²) in [6.45, 7) is 0. The zero-order valence-corrected chi connectivity index (χ0v) is 16.2. The lowest BCUT2D eigenvalue weighted by molar-refractivity contribution is 0.0599. The van der Waals surface area contributed by atoms with Gasteiger partial charge in [0.1, 0.15) is 5.75 Å². The lowest BCUT2D eigenvalue weighted by atomic mass is 10.0. The molecule has 0 saturated carbocycles. The lowest BCUT2D eigenvalue weighted by Gasteiger charge is -2.12. The summed E-state index contributed by atoms with van der Waals surface area (Å²) < 4.78 is 9.34. The van der Waals surface area contributed by atoms with Crippen LogP contribution < -0.4 is 5.32 Å². The molecule has 0 aliphatic rings. The van der Waals surface area contributed by atoms with E-state index in [0.29, 0.717) is 15.8 Å². The number of nitrogens with one attached hydrogen (secondary N) is 1. The Morgan fingerprint density at radius 3 is 2.00 bits per heavy atom. The van der Waals surface area contributed by atoms with Crippen molar-refractivity contribution in [3.05, 3.63) is 70.2 Å². The maximum atomic E-state index is 12.8. The van der Waals surface area contributed by atoms with Gasteiger partial charge in [-0.2, -0.15) is 0 Å². The standard InChI is InChI=1S/C21H16ClNO6/c1-28-20(26)11-7-12(21(27)29-2)9-13(8-11)23-19(25)16-10-17(22)14-5-3-4-6-15(14)18(16)24/h3-10,24H,1-2H3,(H,23,25). The van der Waals surface area contributed by atoms with E-state index in [1.54, 1.807) is 24.3 Å². The third-order valence-corrected chi connectivity index (χ3v) is 4.56. The first-order chi connectivity index (χ1) is 13.8. The first-order valence-electron chi connectivity index (χ1n) is 8.39. The second kappa shape index (κ2) is 8.20. The van der Waals surface area contributed by atoms with E-state index in [1.807, 2.05) is 0 Å². The summed E-state index contributed by atoms with van der Waals surface area (Å²) in [5.74, 6) is -2.29. The Labute approximate surface area is 170 Å². The maximum absolute atomic E-state index is 12.8. The number of fused-ring (bicyclic) bond motifs is 1. The van der Waals surface area contributed by atoms with Gasteiger partial charge in [0.25, 0.3) is 5.91 Å². The molecule has 0 heterocycles. The maximum Gasteiger partial charge on any atom is 0.337 e. The minimum Gasteiger partial charge on any atom is -0.506 e. The van der Waals surface area contributed by atoms with E-state index in [2.05, 4.69) is 14.8 Å². The Kier molecular flexibility index (Phi) is 5.70. The van der Waals surface area contributed by atoms with Gasteiger partial charge in [-0.1, -0.05) is 35.9 Å². The minimum absolute atomic E-state index is 0.0477. The number of hydrogen-bond acceptors (Lipinski definition) is 6. The van der Waals surface area contributed by atoms with Gasteiger partial charge < -0.3 is 19.9 Å². The van der Waals surface area contributed by atoms with E-state index in [1.165, 1.54) is 38.5 Å². The average molecular weight is 414 g/mol. The number of methoxy groups -OCH3 is 2. The second-order valence-electron chi connectivity index (χ2n) is 6.04. The molecule has 0 unspecified atom stereocenters. The number of rotatable bonds is 4. The third-order valence-electron chi connectivity index (χ3n) is 4.24. The Hall–Kier alpha value is -3.58. The molecule has 3 aromatic rings. The van der Waals surface area contributed by atoms with Crippen LogP contribution in [0.25, 0.3) is 10.8 Å². The van der Waals surface area contributed by atoms with Gasteiger partial charge in [-0.15, -0.1) is 0 Å². The van der Waals surface area contributed by atoms with Gasteiger partial charge in [0.2, 0.25) is 0 Å². The molecule has 0 spiro atoms. The fraction of sp³-hybridized carbons (Fsp3) is 0.0952. The van der Waals surface area contributed by atoms with Crippen LogP contribution in [-0.4, -0.2) is 37.2 Å². The molecule has 0 aromatic heterocycles. The number of benzene rings is 3. The van der Waals surface area contributed by atoms with Crippen molar-refractivity contribution in [2.45, 2.75) is 0 Å². The monoisotopic (exact) mass is 413 g/mol. The SMILES string of the molecule is COC(=O)c1cc(NC(=O)c2cc(Cl)c3ccccc3c2O)cc(C(=O)OC)c1. The molecule has 0 aliphatic carbocycles. The molecule has 148 valence electrons. The first kappa shape index (κ1) is 20.2. The van der Waals surface area contributed by atoms with Crippen molar-refractivity contribution in [3.8, 4) is 5.75 Å². The van der Waals surface area contributed by atoms with Crippen molar-refractivity contribution in [2.75, 3.05) is 19.5 Å². The summed E-state index contributed by atoms with van der Waals surface area (Å²) in [5, 5.41) is 14.4. The van der Waals surface area contributed by atoms with Crippen molar-refractivity contribution in [3.63, 3.8) is 0 Å². The van der Waals surface area contributed by atoms with Gasteiger partial charge in [-0.3, -0.25) is 4.79 Å². The number of phenols is 1. The molecule has 0 atom stereocenters.